The molecule has 0 saturated heterocycles. The second kappa shape index (κ2) is 12.2. The van der Waals surface area contributed by atoms with Gasteiger partial charge >= 0.3 is 0 Å². The van der Waals surface area contributed by atoms with E-state index < -0.39 is 11.8 Å². The second-order valence-electron chi connectivity index (χ2n) is 5.41. The predicted molar refractivity (Wildman–Crippen MR) is 79.8 cm³/mol. The zero-order valence-corrected chi connectivity index (χ0v) is 12.7. The molecule has 0 fully saturated rings. The summed E-state index contributed by atoms with van der Waals surface area (Å²) in [4.78, 5) is 22.8. The normalized spacial score (nSPS) is 12.3. The van der Waals surface area contributed by atoms with E-state index in [-0.39, 0.29) is 5.78 Å². The maximum absolute atomic E-state index is 11.7. The Morgan fingerprint density at radius 2 is 1.32 bits per heavy atom. The van der Waals surface area contributed by atoms with Crippen molar-refractivity contribution in [2.75, 3.05) is 0 Å². The topological polar surface area (TPSA) is 60.2 Å². The standard InChI is InChI=1S/C16H31NO2/c1-3-5-6-7-8-9-10-11-12-13-15(18)14(4-2)16(17)19/h14H,3-13H2,1-2H3,(H2,17,19). The maximum Gasteiger partial charge on any atom is 0.227 e. The molecule has 0 saturated carbocycles. The Morgan fingerprint density at radius 3 is 1.74 bits per heavy atom. The fourth-order valence-electron chi connectivity index (χ4n) is 2.37. The molecule has 19 heavy (non-hydrogen) atoms. The Kier molecular flexibility index (Phi) is 11.6. The molecule has 0 aliphatic rings. The predicted octanol–water partition coefficient (Wildman–Crippen LogP) is 3.99. The molecule has 0 bridgehead atoms. The Balaban J connectivity index is 3.43. The van der Waals surface area contributed by atoms with Crippen LogP contribution in [-0.2, 0) is 9.59 Å². The monoisotopic (exact) mass is 269 g/mol. The Bertz CT molecular complexity index is 251. The van der Waals surface area contributed by atoms with Gasteiger partial charge < -0.3 is 5.73 Å². The highest BCUT2D eigenvalue weighted by molar-refractivity contribution is 6.00. The van der Waals surface area contributed by atoms with E-state index in [2.05, 4.69) is 6.92 Å². The van der Waals surface area contributed by atoms with E-state index >= 15 is 0 Å². The quantitative estimate of drug-likeness (QED) is 0.406. The zero-order valence-electron chi connectivity index (χ0n) is 12.7. The molecule has 3 heteroatoms. The van der Waals surface area contributed by atoms with Crippen LogP contribution in [0, 0.1) is 5.92 Å². The number of rotatable bonds is 13. The highest BCUT2D eigenvalue weighted by atomic mass is 16.2. The van der Waals surface area contributed by atoms with Gasteiger partial charge in [-0.2, -0.15) is 0 Å². The van der Waals surface area contributed by atoms with Crippen molar-refractivity contribution in [2.24, 2.45) is 11.7 Å². The van der Waals surface area contributed by atoms with Gasteiger partial charge in [-0.05, 0) is 12.8 Å². The van der Waals surface area contributed by atoms with Gasteiger partial charge in [-0.3, -0.25) is 9.59 Å². The molecule has 3 nitrogen and oxygen atoms in total. The molecule has 1 amide bonds. The van der Waals surface area contributed by atoms with E-state index in [0.29, 0.717) is 12.8 Å². The number of Topliss-reactive ketones (excluding diaryl/α,β-unsaturated/α-hetero) is 1. The maximum atomic E-state index is 11.7. The molecule has 1 unspecified atom stereocenters. The average Bonchev–Trinajstić information content (AvgIpc) is 2.37. The number of hydrogen-bond acceptors (Lipinski definition) is 2. The summed E-state index contributed by atoms with van der Waals surface area (Å²) in [6, 6.07) is 0. The minimum atomic E-state index is -0.561. The number of nitrogens with two attached hydrogens (primary N) is 1. The van der Waals surface area contributed by atoms with Gasteiger partial charge in [0.2, 0.25) is 5.91 Å². The first-order chi connectivity index (χ1) is 9.13. The zero-order chi connectivity index (χ0) is 14.5. The van der Waals surface area contributed by atoms with E-state index in [9.17, 15) is 9.59 Å². The molecule has 1 atom stereocenters. The van der Waals surface area contributed by atoms with Crippen LogP contribution in [0.4, 0.5) is 0 Å². The van der Waals surface area contributed by atoms with Crippen molar-refractivity contribution < 1.29 is 9.59 Å². The lowest BCUT2D eigenvalue weighted by atomic mass is 9.96. The van der Waals surface area contributed by atoms with E-state index in [1.165, 1.54) is 44.9 Å². The molecule has 112 valence electrons. The van der Waals surface area contributed by atoms with Crippen LogP contribution < -0.4 is 5.73 Å². The number of unbranched alkanes of at least 4 members (excludes halogenated alkanes) is 8. The van der Waals surface area contributed by atoms with Crippen LogP contribution in [0.25, 0.3) is 0 Å². The van der Waals surface area contributed by atoms with Gasteiger partial charge in [0, 0.05) is 6.42 Å². The third kappa shape index (κ3) is 9.69. The summed E-state index contributed by atoms with van der Waals surface area (Å²) in [6.45, 7) is 4.07. The molecule has 0 aliphatic carbocycles. The molecule has 0 heterocycles. The lowest BCUT2D eigenvalue weighted by Crippen LogP contribution is -2.29. The number of primary amides is 1. The molecular formula is C16H31NO2. The van der Waals surface area contributed by atoms with E-state index in [1.54, 1.807) is 0 Å². The van der Waals surface area contributed by atoms with Crippen molar-refractivity contribution in [1.29, 1.82) is 0 Å². The van der Waals surface area contributed by atoms with Crippen LogP contribution in [0.3, 0.4) is 0 Å². The van der Waals surface area contributed by atoms with Crippen LogP contribution >= 0.6 is 0 Å². The first-order valence-electron chi connectivity index (χ1n) is 7.95. The van der Waals surface area contributed by atoms with Gasteiger partial charge in [-0.15, -0.1) is 0 Å². The molecule has 0 rings (SSSR count). The first-order valence-corrected chi connectivity index (χ1v) is 7.95. The number of ketones is 1. The molecule has 0 radical (unpaired) electrons. The van der Waals surface area contributed by atoms with Gasteiger partial charge in [0.05, 0.1) is 5.92 Å². The number of carbonyl (C=O) groups is 2. The van der Waals surface area contributed by atoms with Gasteiger partial charge in [-0.1, -0.05) is 65.2 Å². The van der Waals surface area contributed by atoms with Crippen molar-refractivity contribution in [3.05, 3.63) is 0 Å². The highest BCUT2D eigenvalue weighted by Gasteiger charge is 2.20. The van der Waals surface area contributed by atoms with Gasteiger partial charge in [0.25, 0.3) is 0 Å². The largest absolute Gasteiger partial charge is 0.369 e. The molecule has 0 aromatic heterocycles. The number of amides is 1. The fourth-order valence-corrected chi connectivity index (χ4v) is 2.37. The minimum Gasteiger partial charge on any atom is -0.369 e. The van der Waals surface area contributed by atoms with Crippen molar-refractivity contribution in [3.63, 3.8) is 0 Å². The summed E-state index contributed by atoms with van der Waals surface area (Å²) in [5.41, 5.74) is 5.20. The molecule has 2 N–H and O–H groups in total. The van der Waals surface area contributed by atoms with Gasteiger partial charge in [0.1, 0.15) is 5.78 Å². The van der Waals surface area contributed by atoms with E-state index in [4.69, 9.17) is 5.73 Å². The van der Waals surface area contributed by atoms with Crippen molar-refractivity contribution in [1.82, 2.24) is 0 Å². The summed E-state index contributed by atoms with van der Waals surface area (Å²) in [6.07, 6.45) is 12.2. The second-order valence-corrected chi connectivity index (χ2v) is 5.41. The summed E-state index contributed by atoms with van der Waals surface area (Å²) in [5.74, 6) is -1.00. The number of hydrogen-bond donors (Lipinski definition) is 1. The minimum absolute atomic E-state index is 0.0259. The van der Waals surface area contributed by atoms with Crippen molar-refractivity contribution in [2.45, 2.75) is 84.5 Å². The molecular weight excluding hydrogens is 238 g/mol. The third-order valence-corrected chi connectivity index (χ3v) is 3.67. The van der Waals surface area contributed by atoms with E-state index in [0.717, 1.165) is 12.8 Å². The first kappa shape index (κ1) is 18.1. The van der Waals surface area contributed by atoms with E-state index in [1.807, 2.05) is 6.92 Å². The molecule has 0 aromatic carbocycles. The Hall–Kier alpha value is -0.860. The van der Waals surface area contributed by atoms with Crippen LogP contribution in [-0.4, -0.2) is 11.7 Å². The summed E-state index contributed by atoms with van der Waals surface area (Å²) >= 11 is 0. The van der Waals surface area contributed by atoms with Crippen molar-refractivity contribution >= 4 is 11.7 Å². The molecule has 0 aromatic rings. The summed E-state index contributed by atoms with van der Waals surface area (Å²) in [5, 5.41) is 0. The summed E-state index contributed by atoms with van der Waals surface area (Å²) < 4.78 is 0. The smallest absolute Gasteiger partial charge is 0.227 e. The van der Waals surface area contributed by atoms with Crippen LogP contribution in [0.5, 0.6) is 0 Å². The molecule has 0 spiro atoms. The lowest BCUT2D eigenvalue weighted by molar-refractivity contribution is -0.132. The van der Waals surface area contributed by atoms with Crippen LogP contribution in [0.1, 0.15) is 84.5 Å². The summed E-state index contributed by atoms with van der Waals surface area (Å²) in [7, 11) is 0. The van der Waals surface area contributed by atoms with Crippen LogP contribution in [0.2, 0.25) is 0 Å². The van der Waals surface area contributed by atoms with Gasteiger partial charge in [0.15, 0.2) is 0 Å². The average molecular weight is 269 g/mol. The SMILES string of the molecule is CCCCCCCCCCCC(=O)C(CC)C(N)=O. The van der Waals surface area contributed by atoms with Crippen molar-refractivity contribution in [3.8, 4) is 0 Å². The molecule has 0 aliphatic heterocycles. The van der Waals surface area contributed by atoms with Gasteiger partial charge in [-0.25, -0.2) is 0 Å². The fraction of sp³-hybridized carbons (Fsp3) is 0.875. The number of carbonyl (C=O) groups excluding carboxylic acids is 2. The Labute approximate surface area is 118 Å². The lowest BCUT2D eigenvalue weighted by Gasteiger charge is -2.09. The highest BCUT2D eigenvalue weighted by Crippen LogP contribution is 2.13. The van der Waals surface area contributed by atoms with Crippen LogP contribution in [0.15, 0.2) is 0 Å². The third-order valence-electron chi connectivity index (χ3n) is 3.67. The Morgan fingerprint density at radius 1 is 0.842 bits per heavy atom.